The van der Waals surface area contributed by atoms with Gasteiger partial charge >= 0.3 is 21.1 Å². The van der Waals surface area contributed by atoms with Gasteiger partial charge in [-0.05, 0) is 198 Å². The number of aromatic amines is 1. The van der Waals surface area contributed by atoms with Crippen LogP contribution in [-0.2, 0) is 21.1 Å². The Morgan fingerprint density at radius 3 is 1.07 bits per heavy atom. The van der Waals surface area contributed by atoms with Crippen LogP contribution >= 0.6 is 11.6 Å². The third-order valence-corrected chi connectivity index (χ3v) is 25.9. The number of fused-ring (bicyclic) bond motifs is 18. The summed E-state index contributed by atoms with van der Waals surface area (Å²) in [4.78, 5) is 17.3. The second-order valence-electron chi connectivity index (χ2n) is 34.8. The Morgan fingerprint density at radius 1 is 0.255 bits per heavy atom. The van der Waals surface area contributed by atoms with Crippen LogP contribution in [0.25, 0.3) is 177 Å². The Labute approximate surface area is 831 Å². The van der Waals surface area contributed by atoms with Crippen molar-refractivity contribution in [3.63, 3.8) is 0 Å². The third kappa shape index (κ3) is 16.5. The number of benzene rings is 15. The van der Waals surface area contributed by atoms with Crippen molar-refractivity contribution in [3.05, 3.63) is 458 Å². The maximum Gasteiger partial charge on any atom is 2.00 e. The summed E-state index contributed by atoms with van der Waals surface area (Å²) < 4.78 is 36.0. The van der Waals surface area contributed by atoms with Crippen molar-refractivity contribution in [1.29, 1.82) is 0 Å². The van der Waals surface area contributed by atoms with Crippen molar-refractivity contribution in [2.75, 3.05) is 0 Å². The van der Waals surface area contributed by atoms with E-state index in [0.29, 0.717) is 16.7 Å². The number of aromatic nitrogens is 15. The zero-order valence-electron chi connectivity index (χ0n) is 76.9. The smallest absolute Gasteiger partial charge is 0.509 e. The molecular weight excluding hydrogens is 1940 g/mol. The van der Waals surface area contributed by atoms with E-state index in [1.54, 1.807) is 6.20 Å². The second kappa shape index (κ2) is 37.2. The fraction of sp³-hybridized carbons (Fsp3) is 0.0579. The molecule has 12 aromatic heterocycles. The Balaban J connectivity index is 0.000000113. The standard InChI is InChI=1S/C40H29N5O.C40H27N5O.C23H19N3O.C17H11ClN2.CH4.Pt/c2*1-26-22-27(2)45(42-26)29-10-9-11-30(23-29)46-31-18-19-35-34-14-5-8-17-38(34)44(39(35)25-31)40-24-28(20-21-41-40)43-36-15-6-3-12-32(36)33-13-4-7-16-37(33)43;1-15-12-16(2)26(25-15)17-6-5-7-18(13-17)27-19-10-11-21-20-8-3-4-9-22(20)24-23(21)14-19;18-17-11-12(9-10-19-17)20-15-7-3-1-5-13(15)14-6-2-4-8-16(14)20;;/h3-25H,1-2H3;3-22,24H,1-2H3;3-14,24H,1-2H3;1-11H;1H4;/q;-2;;;;+2. The van der Waals surface area contributed by atoms with Gasteiger partial charge in [0.05, 0.1) is 95.2 Å². The first-order valence-electron chi connectivity index (χ1n) is 46.1. The molecule has 15 aromatic carbocycles. The minimum Gasteiger partial charge on any atom is -0.509 e. The van der Waals surface area contributed by atoms with Crippen LogP contribution in [0.3, 0.4) is 0 Å². The summed E-state index contributed by atoms with van der Waals surface area (Å²) in [5.41, 5.74) is 25.3. The van der Waals surface area contributed by atoms with E-state index < -0.39 is 0 Å². The summed E-state index contributed by atoms with van der Waals surface area (Å²) >= 11 is 6.04. The van der Waals surface area contributed by atoms with Gasteiger partial charge in [-0.25, -0.2) is 24.3 Å². The summed E-state index contributed by atoms with van der Waals surface area (Å²) in [6.07, 6.45) is 5.52. The fourth-order valence-electron chi connectivity index (χ4n) is 19.8. The summed E-state index contributed by atoms with van der Waals surface area (Å²) in [5.74, 6) is 5.92. The summed E-state index contributed by atoms with van der Waals surface area (Å²) in [6, 6.07) is 140. The van der Waals surface area contributed by atoms with Gasteiger partial charge in [0, 0.05) is 148 Å². The molecule has 20 heteroatoms. The van der Waals surface area contributed by atoms with Crippen molar-refractivity contribution in [2.45, 2.75) is 49.0 Å². The molecule has 684 valence electrons. The average Bonchev–Trinajstić information content (AvgIpc) is 1.57. The van der Waals surface area contributed by atoms with E-state index in [9.17, 15) is 0 Å². The molecule has 18 nitrogen and oxygen atoms in total. The molecule has 0 saturated carbocycles. The summed E-state index contributed by atoms with van der Waals surface area (Å²) in [6.45, 7) is 12.1. The van der Waals surface area contributed by atoms with Gasteiger partial charge in [0.2, 0.25) is 0 Å². The number of ether oxygens (including phenoxy) is 3. The number of H-pyrrole nitrogens is 1. The third-order valence-electron chi connectivity index (χ3n) is 25.6. The van der Waals surface area contributed by atoms with Crippen LogP contribution in [-0.4, -0.2) is 72.1 Å². The van der Waals surface area contributed by atoms with E-state index in [-0.39, 0.29) is 28.5 Å². The van der Waals surface area contributed by atoms with Crippen molar-refractivity contribution in [3.8, 4) is 80.3 Å². The summed E-state index contributed by atoms with van der Waals surface area (Å²) in [5, 5.41) is 28.7. The Morgan fingerprint density at radius 2 is 0.610 bits per heavy atom. The first-order valence-corrected chi connectivity index (χ1v) is 46.5. The molecule has 0 aliphatic rings. The molecule has 1 N–H and O–H groups in total. The quantitative estimate of drug-likeness (QED) is 0.0825. The summed E-state index contributed by atoms with van der Waals surface area (Å²) in [7, 11) is 0. The van der Waals surface area contributed by atoms with Gasteiger partial charge in [-0.1, -0.05) is 200 Å². The molecule has 0 aliphatic heterocycles. The molecule has 0 atom stereocenters. The predicted octanol–water partition coefficient (Wildman–Crippen LogP) is 30.7. The number of nitrogens with one attached hydrogen (secondary N) is 1. The first kappa shape index (κ1) is 88.8. The number of aryl methyl sites for hydroxylation is 6. The van der Waals surface area contributed by atoms with Crippen molar-refractivity contribution >= 4 is 142 Å². The maximum atomic E-state index is 6.48. The van der Waals surface area contributed by atoms with Crippen LogP contribution in [0.2, 0.25) is 5.15 Å². The van der Waals surface area contributed by atoms with Gasteiger partial charge in [-0.3, -0.25) is 9.25 Å². The van der Waals surface area contributed by atoms with Crippen molar-refractivity contribution in [1.82, 2.24) is 72.1 Å². The van der Waals surface area contributed by atoms with E-state index in [2.05, 4.69) is 347 Å². The molecule has 0 unspecified atom stereocenters. The largest absolute Gasteiger partial charge is 2.00 e. The number of pyridine rings is 3. The predicted molar refractivity (Wildman–Crippen MR) is 569 cm³/mol. The number of rotatable bonds is 14. The van der Waals surface area contributed by atoms with Gasteiger partial charge in [0.25, 0.3) is 0 Å². The number of halogens is 1. The van der Waals surface area contributed by atoms with E-state index in [1.807, 2.05) is 169 Å². The zero-order chi connectivity index (χ0) is 93.5. The molecule has 0 aliphatic carbocycles. The molecule has 0 saturated heterocycles. The monoisotopic (exact) mass is 2030 g/mol. The van der Waals surface area contributed by atoms with E-state index in [0.717, 1.165) is 163 Å². The van der Waals surface area contributed by atoms with Gasteiger partial charge in [0.15, 0.2) is 0 Å². The van der Waals surface area contributed by atoms with Crippen LogP contribution in [0.4, 0.5) is 0 Å². The molecule has 0 bridgehead atoms. The minimum absolute atomic E-state index is 0. The zero-order valence-corrected chi connectivity index (χ0v) is 79.9. The Hall–Kier alpha value is -17.4. The number of nitrogens with zero attached hydrogens (tertiary/aromatic N) is 14. The number of hydrogen-bond donors (Lipinski definition) is 1. The SMILES string of the molecule is C.Cc1cc(C)n(-c2[c-]c(Oc3[c-]c4c(cc3)c3ccccc3n4-c3cc(-n4c5ccccc5c5ccccc54)ccn3)ccc2)n1.Cc1cc(C)n(-c2cccc(Oc3ccc4c(c3)[nH]c3ccccc34)c2)n1.Cc1cc(C)n(-c2cccc(Oc3ccc4c5ccccc5n(-c5cc(-n6c7ccccc7c7ccccc76)ccn5)c4c3)c2)n1.Clc1cc(-n2c3ccccc3c3ccccc32)ccn1.[Pt+2]. The fourth-order valence-corrected chi connectivity index (χ4v) is 20.0. The van der Waals surface area contributed by atoms with Crippen LogP contribution in [0, 0.1) is 53.7 Å². The molecule has 141 heavy (non-hydrogen) atoms. The van der Waals surface area contributed by atoms with Gasteiger partial charge < -0.3 is 37.5 Å². The average molecular weight is 2030 g/mol. The molecule has 0 spiro atoms. The topological polar surface area (TPSA) is 160 Å². The molecule has 0 radical (unpaired) electrons. The normalized spacial score (nSPS) is 11.4. The second-order valence-corrected chi connectivity index (χ2v) is 35.1. The van der Waals surface area contributed by atoms with Gasteiger partial charge in [-0.2, -0.15) is 27.4 Å². The molecular formula is C121H90ClN15O3Pt. The molecule has 0 fully saturated rings. The molecule has 27 rings (SSSR count). The minimum atomic E-state index is 0. The van der Waals surface area contributed by atoms with E-state index in [4.69, 9.17) is 35.8 Å². The van der Waals surface area contributed by atoms with Crippen LogP contribution in [0.1, 0.15) is 41.6 Å². The van der Waals surface area contributed by atoms with Crippen LogP contribution < -0.4 is 14.2 Å². The first-order chi connectivity index (χ1) is 68.3. The van der Waals surface area contributed by atoms with E-state index >= 15 is 0 Å². The van der Waals surface area contributed by atoms with Crippen LogP contribution in [0.15, 0.2) is 407 Å². The number of hydrogen-bond acceptors (Lipinski definition) is 9. The molecule has 27 aromatic rings. The van der Waals surface area contributed by atoms with Gasteiger partial charge in [0.1, 0.15) is 39.8 Å². The van der Waals surface area contributed by atoms with E-state index in [1.165, 1.54) is 70.5 Å². The van der Waals surface area contributed by atoms with Gasteiger partial charge in [-0.15, -0.1) is 35.7 Å². The Kier molecular flexibility index (Phi) is 23.4. The van der Waals surface area contributed by atoms with Crippen molar-refractivity contribution < 1.29 is 35.3 Å². The Bertz CT molecular complexity index is 8970. The van der Waals surface area contributed by atoms with Crippen molar-refractivity contribution in [2.24, 2.45) is 0 Å². The molecule has 0 amide bonds. The van der Waals surface area contributed by atoms with Crippen LogP contribution in [0.5, 0.6) is 34.5 Å². The maximum absolute atomic E-state index is 6.48. The molecule has 12 heterocycles. The number of para-hydroxylation sites is 9.